The molecule has 0 aromatic carbocycles. The predicted molar refractivity (Wildman–Crippen MR) is 52.9 cm³/mol. The van der Waals surface area contributed by atoms with E-state index in [2.05, 4.69) is 19.6 Å². The molecule has 2 nitrogen and oxygen atoms in total. The third-order valence-corrected chi connectivity index (χ3v) is 2.63. The molecular weight excluding hydrogens is 172 g/mol. The molecule has 2 atom stereocenters. The van der Waals surface area contributed by atoms with Crippen LogP contribution in [-0.4, -0.2) is 31.2 Å². The molecule has 12 heavy (non-hydrogen) atoms. The van der Waals surface area contributed by atoms with Crippen LogP contribution >= 0.6 is 12.6 Å². The Morgan fingerprint density at radius 1 is 1.67 bits per heavy atom. The number of epoxide rings is 1. The minimum atomic E-state index is 0.406. The normalized spacial score (nSPS) is 24.0. The molecule has 72 valence electrons. The summed E-state index contributed by atoms with van der Waals surface area (Å²) in [4.78, 5) is 0. The van der Waals surface area contributed by atoms with Crippen LogP contribution in [0.4, 0.5) is 0 Å². The number of ether oxygens (including phenoxy) is 2. The first-order chi connectivity index (χ1) is 5.83. The Morgan fingerprint density at radius 3 is 3.00 bits per heavy atom. The van der Waals surface area contributed by atoms with Gasteiger partial charge in [-0.3, -0.25) is 0 Å². The molecule has 2 unspecified atom stereocenters. The van der Waals surface area contributed by atoms with Gasteiger partial charge < -0.3 is 9.47 Å². The zero-order valence-electron chi connectivity index (χ0n) is 7.66. The molecule has 1 fully saturated rings. The average molecular weight is 190 g/mol. The van der Waals surface area contributed by atoms with Crippen molar-refractivity contribution in [1.29, 1.82) is 0 Å². The minimum Gasteiger partial charge on any atom is -0.379 e. The summed E-state index contributed by atoms with van der Waals surface area (Å²) in [6.07, 6.45) is 3.83. The number of rotatable bonds is 7. The van der Waals surface area contributed by atoms with E-state index in [0.29, 0.717) is 11.4 Å². The standard InChI is InChI=1S/C9H18O2S/c1-2-9(12)4-3-5-10-6-8-7-11-8/h8-9,12H,2-7H2,1H3. The van der Waals surface area contributed by atoms with Gasteiger partial charge in [-0.05, 0) is 19.3 Å². The zero-order valence-corrected chi connectivity index (χ0v) is 8.56. The van der Waals surface area contributed by atoms with Gasteiger partial charge in [0.1, 0.15) is 6.10 Å². The Balaban J connectivity index is 1.75. The lowest BCUT2D eigenvalue weighted by molar-refractivity contribution is 0.113. The molecule has 1 saturated heterocycles. The molecule has 0 spiro atoms. The third kappa shape index (κ3) is 5.01. The first-order valence-corrected chi connectivity index (χ1v) is 5.22. The predicted octanol–water partition coefficient (Wildman–Crippen LogP) is 1.89. The highest BCUT2D eigenvalue weighted by Crippen LogP contribution is 2.11. The van der Waals surface area contributed by atoms with Crippen molar-refractivity contribution in [2.24, 2.45) is 0 Å². The summed E-state index contributed by atoms with van der Waals surface area (Å²) in [6.45, 7) is 4.70. The van der Waals surface area contributed by atoms with Gasteiger partial charge in [-0.25, -0.2) is 0 Å². The van der Waals surface area contributed by atoms with Crippen molar-refractivity contribution in [3.8, 4) is 0 Å². The van der Waals surface area contributed by atoms with Gasteiger partial charge in [0.15, 0.2) is 0 Å². The van der Waals surface area contributed by atoms with E-state index in [9.17, 15) is 0 Å². The molecule has 0 saturated carbocycles. The van der Waals surface area contributed by atoms with E-state index in [0.717, 1.165) is 39.1 Å². The van der Waals surface area contributed by atoms with E-state index < -0.39 is 0 Å². The molecule has 0 N–H and O–H groups in total. The number of thiol groups is 1. The molecular formula is C9H18O2S. The molecule has 0 aliphatic carbocycles. The second-order valence-corrected chi connectivity index (χ2v) is 3.96. The molecule has 0 bridgehead atoms. The second-order valence-electron chi connectivity index (χ2n) is 3.23. The fourth-order valence-corrected chi connectivity index (χ4v) is 1.19. The highest BCUT2D eigenvalue weighted by Gasteiger charge is 2.21. The zero-order chi connectivity index (χ0) is 8.81. The largest absolute Gasteiger partial charge is 0.379 e. The summed E-state index contributed by atoms with van der Waals surface area (Å²) in [6, 6.07) is 0. The van der Waals surface area contributed by atoms with Crippen LogP contribution in [0, 0.1) is 0 Å². The van der Waals surface area contributed by atoms with Gasteiger partial charge in [0, 0.05) is 11.9 Å². The Labute approximate surface area is 80.0 Å². The first-order valence-electron chi connectivity index (χ1n) is 4.70. The van der Waals surface area contributed by atoms with Gasteiger partial charge in [-0.1, -0.05) is 6.92 Å². The van der Waals surface area contributed by atoms with E-state index in [1.54, 1.807) is 0 Å². The third-order valence-electron chi connectivity index (χ3n) is 2.00. The summed E-state index contributed by atoms with van der Waals surface area (Å²) >= 11 is 4.40. The van der Waals surface area contributed by atoms with Gasteiger partial charge in [0.2, 0.25) is 0 Å². The van der Waals surface area contributed by atoms with Crippen molar-refractivity contribution in [1.82, 2.24) is 0 Å². The minimum absolute atomic E-state index is 0.406. The van der Waals surface area contributed by atoms with Crippen LogP contribution in [0.2, 0.25) is 0 Å². The average Bonchev–Trinajstić information content (AvgIpc) is 2.87. The smallest absolute Gasteiger partial charge is 0.104 e. The van der Waals surface area contributed by atoms with Gasteiger partial charge in [-0.15, -0.1) is 0 Å². The van der Waals surface area contributed by atoms with Crippen LogP contribution in [0.1, 0.15) is 26.2 Å². The summed E-state index contributed by atoms with van der Waals surface area (Å²) in [5.74, 6) is 0. The Kier molecular flexibility index (Phi) is 5.04. The molecule has 1 aliphatic heterocycles. The van der Waals surface area contributed by atoms with Crippen molar-refractivity contribution >= 4 is 12.6 Å². The van der Waals surface area contributed by atoms with Crippen LogP contribution in [0.3, 0.4) is 0 Å². The van der Waals surface area contributed by atoms with Crippen molar-refractivity contribution in [3.05, 3.63) is 0 Å². The summed E-state index contributed by atoms with van der Waals surface area (Å²) < 4.78 is 10.4. The summed E-state index contributed by atoms with van der Waals surface area (Å²) in [5, 5.41) is 0.547. The van der Waals surface area contributed by atoms with Crippen molar-refractivity contribution in [3.63, 3.8) is 0 Å². The lowest BCUT2D eigenvalue weighted by Gasteiger charge is -2.06. The highest BCUT2D eigenvalue weighted by molar-refractivity contribution is 7.80. The monoisotopic (exact) mass is 190 g/mol. The fourth-order valence-electron chi connectivity index (χ4n) is 1.00. The fraction of sp³-hybridized carbons (Fsp3) is 1.00. The quantitative estimate of drug-likeness (QED) is 0.376. The topological polar surface area (TPSA) is 21.8 Å². The lowest BCUT2D eigenvalue weighted by atomic mass is 10.2. The lowest BCUT2D eigenvalue weighted by Crippen LogP contribution is -2.05. The van der Waals surface area contributed by atoms with Gasteiger partial charge in [0.25, 0.3) is 0 Å². The van der Waals surface area contributed by atoms with Gasteiger partial charge in [-0.2, -0.15) is 12.6 Å². The van der Waals surface area contributed by atoms with Crippen LogP contribution in [-0.2, 0) is 9.47 Å². The van der Waals surface area contributed by atoms with Crippen LogP contribution in [0.15, 0.2) is 0 Å². The molecule has 0 amide bonds. The van der Waals surface area contributed by atoms with Crippen molar-refractivity contribution < 1.29 is 9.47 Å². The maximum absolute atomic E-state index is 5.39. The van der Waals surface area contributed by atoms with E-state index in [1.807, 2.05) is 0 Å². The second kappa shape index (κ2) is 5.84. The van der Waals surface area contributed by atoms with Crippen LogP contribution < -0.4 is 0 Å². The van der Waals surface area contributed by atoms with Crippen LogP contribution in [0.25, 0.3) is 0 Å². The molecule has 1 rings (SSSR count). The highest BCUT2D eigenvalue weighted by atomic mass is 32.1. The van der Waals surface area contributed by atoms with Crippen molar-refractivity contribution in [2.45, 2.75) is 37.5 Å². The summed E-state index contributed by atoms with van der Waals surface area (Å²) in [7, 11) is 0. The van der Waals surface area contributed by atoms with E-state index in [1.165, 1.54) is 0 Å². The molecule has 1 aliphatic rings. The van der Waals surface area contributed by atoms with Gasteiger partial charge >= 0.3 is 0 Å². The first kappa shape index (κ1) is 10.4. The van der Waals surface area contributed by atoms with E-state index >= 15 is 0 Å². The van der Waals surface area contributed by atoms with Crippen molar-refractivity contribution in [2.75, 3.05) is 19.8 Å². The SMILES string of the molecule is CCC(S)CCCOCC1CO1. The van der Waals surface area contributed by atoms with Crippen LogP contribution in [0.5, 0.6) is 0 Å². The Bertz CT molecular complexity index is 115. The Hall–Kier alpha value is 0.270. The molecule has 0 aromatic rings. The van der Waals surface area contributed by atoms with E-state index in [-0.39, 0.29) is 0 Å². The molecule has 3 heteroatoms. The Morgan fingerprint density at radius 2 is 2.42 bits per heavy atom. The summed E-state index contributed by atoms with van der Waals surface area (Å²) in [5.41, 5.74) is 0. The maximum Gasteiger partial charge on any atom is 0.104 e. The number of hydrogen-bond donors (Lipinski definition) is 1. The molecule has 0 aromatic heterocycles. The van der Waals surface area contributed by atoms with E-state index in [4.69, 9.17) is 9.47 Å². The van der Waals surface area contributed by atoms with Gasteiger partial charge in [0.05, 0.1) is 13.2 Å². The number of hydrogen-bond acceptors (Lipinski definition) is 3. The molecule has 0 radical (unpaired) electrons. The maximum atomic E-state index is 5.39. The molecule has 1 heterocycles.